The summed E-state index contributed by atoms with van der Waals surface area (Å²) in [6.45, 7) is 3.26. The third-order valence-electron chi connectivity index (χ3n) is 12.0. The Morgan fingerprint density at radius 3 is 2.33 bits per heavy atom. The van der Waals surface area contributed by atoms with Crippen LogP contribution in [0.1, 0.15) is 103 Å². The minimum Gasteiger partial charge on any atom is -0.379 e. The summed E-state index contributed by atoms with van der Waals surface area (Å²) in [6.07, 6.45) is 9.20. The van der Waals surface area contributed by atoms with Crippen molar-refractivity contribution >= 4 is 39.3 Å². The van der Waals surface area contributed by atoms with Gasteiger partial charge in [0.15, 0.2) is 0 Å². The highest BCUT2D eigenvalue weighted by Gasteiger charge is 2.40. The summed E-state index contributed by atoms with van der Waals surface area (Å²) in [5.41, 5.74) is 4.01. The number of hydrogen-bond donors (Lipinski definition) is 2. The van der Waals surface area contributed by atoms with Crippen LogP contribution in [0, 0.1) is 11.2 Å². The number of likely N-dealkylation sites (N-methyl/N-ethyl adjacent to an activating group) is 1. The number of benzene rings is 2. The second kappa shape index (κ2) is 14.6. The average molecular weight is 762 g/mol. The van der Waals surface area contributed by atoms with Crippen LogP contribution in [0.5, 0.6) is 0 Å². The van der Waals surface area contributed by atoms with Gasteiger partial charge in [0.05, 0.1) is 17.8 Å². The number of hydrogen-bond acceptors (Lipinski definition) is 7. The van der Waals surface area contributed by atoms with Gasteiger partial charge in [-0.1, -0.05) is 24.3 Å². The minimum atomic E-state index is -0.618. The molecular formula is C39H46BrFN6O4. The molecule has 3 atom stereocenters. The molecule has 1 saturated carbocycles. The maximum atomic E-state index is 15.2. The number of carbonyl (C=O) groups excluding carboxylic acids is 3. The number of nitrogens with one attached hydrogen (secondary N) is 2. The van der Waals surface area contributed by atoms with Crippen molar-refractivity contribution in [2.75, 3.05) is 38.5 Å². The van der Waals surface area contributed by atoms with Crippen molar-refractivity contribution in [2.45, 2.75) is 81.6 Å². The zero-order valence-electron chi connectivity index (χ0n) is 29.3. The number of likely N-dealkylation sites (tertiary alicyclic amines) is 2. The van der Waals surface area contributed by atoms with Crippen LogP contribution in [0.15, 0.2) is 57.9 Å². The van der Waals surface area contributed by atoms with E-state index in [1.807, 2.05) is 23.1 Å². The van der Waals surface area contributed by atoms with E-state index in [-0.39, 0.29) is 52.9 Å². The Balaban J connectivity index is 0.911. The average Bonchev–Trinajstić information content (AvgIpc) is 3.12. The predicted octanol–water partition coefficient (Wildman–Crippen LogP) is 5.68. The van der Waals surface area contributed by atoms with E-state index >= 15 is 4.39 Å². The van der Waals surface area contributed by atoms with Crippen molar-refractivity contribution in [1.82, 2.24) is 24.9 Å². The molecule has 12 heteroatoms. The van der Waals surface area contributed by atoms with E-state index in [2.05, 4.69) is 55.7 Å². The molecule has 0 radical (unpaired) electrons. The highest BCUT2D eigenvalue weighted by atomic mass is 79.9. The van der Waals surface area contributed by atoms with E-state index < -0.39 is 11.8 Å². The molecular weight excluding hydrogens is 715 g/mol. The molecule has 7 rings (SSSR count). The smallest absolute Gasteiger partial charge is 0.282 e. The van der Waals surface area contributed by atoms with E-state index in [9.17, 15) is 19.2 Å². The summed E-state index contributed by atoms with van der Waals surface area (Å²) < 4.78 is 17.0. The van der Waals surface area contributed by atoms with Crippen molar-refractivity contribution in [3.63, 3.8) is 0 Å². The summed E-state index contributed by atoms with van der Waals surface area (Å²) in [5.74, 6) is -1.05. The van der Waals surface area contributed by atoms with Crippen LogP contribution in [0.25, 0.3) is 0 Å². The van der Waals surface area contributed by atoms with Crippen LogP contribution in [0.4, 0.5) is 10.1 Å². The number of amides is 3. The van der Waals surface area contributed by atoms with Gasteiger partial charge in [-0.05, 0) is 121 Å². The molecule has 2 N–H and O–H groups in total. The van der Waals surface area contributed by atoms with Gasteiger partial charge in [-0.3, -0.25) is 24.5 Å². The number of halogens is 2. The number of imide groups is 1. The molecule has 10 nitrogen and oxygen atoms in total. The number of piperidine rings is 3. The standard InChI is InChI=1S/C39H46BrFN6O4/c1-45-22-28(19-29(23-45)43-33-21-42-46(2)38(51)35(33)40)24-3-5-26(6-4-24)37(50)47-17-15-39(16-18-47)13-11-25(12-14-39)27-7-8-30(32(41)20-27)31-9-10-34(48)44-36(31)49/h3-8,20-21,25,28-29,31,43H,9-19,22-23H2,1-2H3,(H,44,48,49)/t28-,29+,31?/m0/s1. The van der Waals surface area contributed by atoms with Crippen LogP contribution in [-0.2, 0) is 16.6 Å². The third-order valence-corrected chi connectivity index (χ3v) is 12.7. The highest BCUT2D eigenvalue weighted by molar-refractivity contribution is 9.10. The van der Waals surface area contributed by atoms with Gasteiger partial charge < -0.3 is 15.1 Å². The first-order valence-corrected chi connectivity index (χ1v) is 19.0. The lowest BCUT2D eigenvalue weighted by molar-refractivity contribution is -0.134. The molecule has 3 amide bonds. The molecule has 1 aromatic heterocycles. The molecule has 1 spiro atoms. The normalized spacial score (nSPS) is 24.4. The molecule has 1 aliphatic carbocycles. The Kier molecular flexibility index (Phi) is 10.2. The van der Waals surface area contributed by atoms with Crippen molar-refractivity contribution in [2.24, 2.45) is 12.5 Å². The summed E-state index contributed by atoms with van der Waals surface area (Å²) in [4.78, 5) is 54.0. The minimum absolute atomic E-state index is 0.0833. The summed E-state index contributed by atoms with van der Waals surface area (Å²) in [5, 5.41) is 10.0. The zero-order valence-corrected chi connectivity index (χ0v) is 30.9. The van der Waals surface area contributed by atoms with Crippen LogP contribution in [0.3, 0.4) is 0 Å². The molecule has 4 aliphatic rings. The highest BCUT2D eigenvalue weighted by Crippen LogP contribution is 2.49. The first-order valence-electron chi connectivity index (χ1n) is 18.2. The predicted molar refractivity (Wildman–Crippen MR) is 196 cm³/mol. The van der Waals surface area contributed by atoms with Gasteiger partial charge in [0.25, 0.3) is 11.5 Å². The van der Waals surface area contributed by atoms with Gasteiger partial charge >= 0.3 is 0 Å². The SMILES string of the molecule is CN1C[C@H](Nc2cnn(C)c(=O)c2Br)C[C@H](c2ccc(C(=O)N3CCC4(CCC(c5ccc(C6CCC(=O)NC6=O)c(F)c5)CC4)CC3)cc2)C1. The fourth-order valence-corrected chi connectivity index (χ4v) is 9.37. The quantitative estimate of drug-likeness (QED) is 0.311. The van der Waals surface area contributed by atoms with Crippen LogP contribution < -0.4 is 16.2 Å². The second-order valence-electron chi connectivity index (χ2n) is 15.3. The molecule has 3 saturated heterocycles. The van der Waals surface area contributed by atoms with Gasteiger partial charge in [0.2, 0.25) is 11.8 Å². The molecule has 1 unspecified atom stereocenters. The lowest BCUT2D eigenvalue weighted by Gasteiger charge is -2.46. The van der Waals surface area contributed by atoms with E-state index in [4.69, 9.17) is 0 Å². The first kappa shape index (κ1) is 35.5. The van der Waals surface area contributed by atoms with Gasteiger partial charge in [-0.25, -0.2) is 9.07 Å². The van der Waals surface area contributed by atoms with Gasteiger partial charge in [0, 0.05) is 56.8 Å². The summed E-state index contributed by atoms with van der Waals surface area (Å²) >= 11 is 3.42. The van der Waals surface area contributed by atoms with Crippen LogP contribution in [0.2, 0.25) is 0 Å². The van der Waals surface area contributed by atoms with Crippen LogP contribution in [-0.4, -0.2) is 76.6 Å². The van der Waals surface area contributed by atoms with E-state index in [0.29, 0.717) is 22.1 Å². The number of aryl methyl sites for hydroxylation is 1. The fraction of sp³-hybridized carbons (Fsp3) is 0.513. The van der Waals surface area contributed by atoms with Gasteiger partial charge in [-0.15, -0.1) is 0 Å². The van der Waals surface area contributed by atoms with Crippen molar-refractivity contribution < 1.29 is 18.8 Å². The molecule has 2 aromatic carbocycles. The second-order valence-corrected chi connectivity index (χ2v) is 16.1. The topological polar surface area (TPSA) is 117 Å². The Morgan fingerprint density at radius 2 is 1.65 bits per heavy atom. The number of rotatable bonds is 6. The zero-order chi connectivity index (χ0) is 35.9. The van der Waals surface area contributed by atoms with Crippen molar-refractivity contribution in [1.29, 1.82) is 0 Å². The molecule has 270 valence electrons. The van der Waals surface area contributed by atoms with Gasteiger partial charge in [-0.2, -0.15) is 5.10 Å². The Hall–Kier alpha value is -3.90. The van der Waals surface area contributed by atoms with E-state index in [1.54, 1.807) is 25.4 Å². The maximum absolute atomic E-state index is 15.2. The molecule has 0 bridgehead atoms. The monoisotopic (exact) mass is 760 g/mol. The maximum Gasteiger partial charge on any atom is 0.282 e. The lowest BCUT2D eigenvalue weighted by Crippen LogP contribution is -2.44. The fourth-order valence-electron chi connectivity index (χ4n) is 8.90. The number of anilines is 1. The Bertz CT molecular complexity index is 1860. The lowest BCUT2D eigenvalue weighted by atomic mass is 9.64. The summed E-state index contributed by atoms with van der Waals surface area (Å²) in [7, 11) is 3.74. The summed E-state index contributed by atoms with van der Waals surface area (Å²) in [6, 6.07) is 13.6. The van der Waals surface area contributed by atoms with Gasteiger partial charge in [0.1, 0.15) is 10.3 Å². The molecule has 3 aliphatic heterocycles. The third kappa shape index (κ3) is 7.53. The number of aromatic nitrogens is 2. The molecule has 51 heavy (non-hydrogen) atoms. The Morgan fingerprint density at radius 1 is 0.941 bits per heavy atom. The van der Waals surface area contributed by atoms with Crippen molar-refractivity contribution in [3.05, 3.63) is 91.6 Å². The van der Waals surface area contributed by atoms with E-state index in [0.717, 1.165) is 82.3 Å². The molecule has 4 fully saturated rings. The largest absolute Gasteiger partial charge is 0.379 e. The number of carbonyl (C=O) groups is 3. The Labute approximate surface area is 306 Å². The first-order chi connectivity index (χ1) is 24.5. The van der Waals surface area contributed by atoms with Crippen molar-refractivity contribution in [3.8, 4) is 0 Å². The van der Waals surface area contributed by atoms with E-state index in [1.165, 1.54) is 10.2 Å². The number of nitrogens with zero attached hydrogens (tertiary/aromatic N) is 4. The molecule has 3 aromatic rings. The van der Waals surface area contributed by atoms with Crippen LogP contribution >= 0.6 is 15.9 Å². The molecule has 4 heterocycles.